The zero-order valence-electron chi connectivity index (χ0n) is 9.78. The first-order valence-electron chi connectivity index (χ1n) is 6.05. The van der Waals surface area contributed by atoms with Crippen molar-refractivity contribution in [2.45, 2.75) is 39.2 Å². The lowest BCUT2D eigenvalue weighted by Gasteiger charge is -2.36. The fraction of sp³-hybridized carbons (Fsp3) is 0.692. The van der Waals surface area contributed by atoms with E-state index in [1.165, 1.54) is 32.4 Å². The van der Waals surface area contributed by atoms with Gasteiger partial charge >= 0.3 is 0 Å². The third-order valence-electron chi connectivity index (χ3n) is 3.08. The lowest BCUT2D eigenvalue weighted by Crippen LogP contribution is -2.35. The van der Waals surface area contributed by atoms with E-state index in [0.717, 1.165) is 5.92 Å². The minimum atomic E-state index is 0.709. The molecule has 1 aliphatic heterocycles. The molecular weight excluding hydrogens is 202 g/mol. The monoisotopic (exact) mass is 223 g/mol. The van der Waals surface area contributed by atoms with Crippen LogP contribution in [0.3, 0.4) is 0 Å². The number of nitrogens with zero attached hydrogens (tertiary/aromatic N) is 1. The van der Waals surface area contributed by atoms with Gasteiger partial charge in [-0.25, -0.2) is 0 Å². The van der Waals surface area contributed by atoms with E-state index in [-0.39, 0.29) is 0 Å². The van der Waals surface area contributed by atoms with Crippen LogP contribution in [0.5, 0.6) is 0 Å². The molecule has 1 aromatic heterocycles. The Morgan fingerprint density at radius 3 is 3.00 bits per heavy atom. The van der Waals surface area contributed by atoms with E-state index in [9.17, 15) is 0 Å². The number of hydrogen-bond acceptors (Lipinski definition) is 2. The van der Waals surface area contributed by atoms with Gasteiger partial charge < -0.3 is 0 Å². The summed E-state index contributed by atoms with van der Waals surface area (Å²) in [6, 6.07) is 5.19. The van der Waals surface area contributed by atoms with Gasteiger partial charge in [0.2, 0.25) is 0 Å². The van der Waals surface area contributed by atoms with Crippen molar-refractivity contribution in [1.82, 2.24) is 4.90 Å². The van der Waals surface area contributed by atoms with Gasteiger partial charge in [-0.05, 0) is 36.8 Å². The highest BCUT2D eigenvalue weighted by molar-refractivity contribution is 7.10. The van der Waals surface area contributed by atoms with Gasteiger partial charge in [0.15, 0.2) is 0 Å². The van der Waals surface area contributed by atoms with Crippen molar-refractivity contribution < 1.29 is 0 Å². The van der Waals surface area contributed by atoms with E-state index in [1.807, 2.05) is 11.3 Å². The maximum atomic E-state index is 2.68. The van der Waals surface area contributed by atoms with E-state index in [2.05, 4.69) is 36.3 Å². The molecule has 1 fully saturated rings. The van der Waals surface area contributed by atoms with Gasteiger partial charge in [0.25, 0.3) is 0 Å². The molecule has 2 heterocycles. The molecule has 0 aliphatic carbocycles. The second-order valence-electron chi connectivity index (χ2n) is 4.92. The van der Waals surface area contributed by atoms with Gasteiger partial charge in [-0.2, -0.15) is 0 Å². The molecule has 2 heteroatoms. The summed E-state index contributed by atoms with van der Waals surface area (Å²) in [5.74, 6) is 0.783. The molecule has 2 rings (SSSR count). The molecular formula is C13H21NS. The maximum Gasteiger partial charge on any atom is 0.0441 e. The van der Waals surface area contributed by atoms with E-state index < -0.39 is 0 Å². The summed E-state index contributed by atoms with van der Waals surface area (Å²) in [5, 5.41) is 2.21. The second kappa shape index (κ2) is 5.13. The smallest absolute Gasteiger partial charge is 0.0441 e. The predicted octanol–water partition coefficient (Wildman–Crippen LogP) is 3.93. The lowest BCUT2D eigenvalue weighted by molar-refractivity contribution is 0.134. The van der Waals surface area contributed by atoms with Gasteiger partial charge in [0, 0.05) is 17.5 Å². The van der Waals surface area contributed by atoms with Crippen LogP contribution >= 0.6 is 11.3 Å². The molecule has 84 valence electrons. The summed E-state index contributed by atoms with van der Waals surface area (Å²) in [6.07, 6.45) is 4.14. The van der Waals surface area contributed by atoms with Crippen LogP contribution in [0.2, 0.25) is 0 Å². The van der Waals surface area contributed by atoms with Crippen molar-refractivity contribution in [3.05, 3.63) is 22.4 Å². The Kier molecular flexibility index (Phi) is 3.81. The summed E-state index contributed by atoms with van der Waals surface area (Å²) in [5.41, 5.74) is 0. The summed E-state index contributed by atoms with van der Waals surface area (Å²) in [7, 11) is 0. The largest absolute Gasteiger partial charge is 0.295 e. The quantitative estimate of drug-likeness (QED) is 0.750. The third kappa shape index (κ3) is 2.82. The average Bonchev–Trinajstić information content (AvgIpc) is 2.70. The molecule has 1 aromatic rings. The summed E-state index contributed by atoms with van der Waals surface area (Å²) in [6.45, 7) is 7.18. The average molecular weight is 223 g/mol. The Morgan fingerprint density at radius 2 is 2.33 bits per heavy atom. The van der Waals surface area contributed by atoms with Gasteiger partial charge in [-0.1, -0.05) is 26.3 Å². The van der Waals surface area contributed by atoms with Crippen LogP contribution in [0.4, 0.5) is 0 Å². The van der Waals surface area contributed by atoms with Gasteiger partial charge in [-0.3, -0.25) is 4.90 Å². The van der Waals surface area contributed by atoms with Crippen LogP contribution < -0.4 is 0 Å². The highest BCUT2D eigenvalue weighted by atomic mass is 32.1. The van der Waals surface area contributed by atoms with Crippen LogP contribution in [0.15, 0.2) is 17.5 Å². The van der Waals surface area contributed by atoms with Crippen LogP contribution in [-0.2, 0) is 0 Å². The lowest BCUT2D eigenvalue weighted by atomic mass is 9.99. The van der Waals surface area contributed by atoms with E-state index in [0.29, 0.717) is 6.04 Å². The fourth-order valence-electron chi connectivity index (χ4n) is 2.48. The first kappa shape index (κ1) is 11.2. The van der Waals surface area contributed by atoms with Gasteiger partial charge in [0.05, 0.1) is 0 Å². The molecule has 1 saturated heterocycles. The number of piperidine rings is 1. The zero-order chi connectivity index (χ0) is 10.7. The van der Waals surface area contributed by atoms with Crippen LogP contribution in [0.25, 0.3) is 0 Å². The van der Waals surface area contributed by atoms with Crippen LogP contribution in [0.1, 0.15) is 44.0 Å². The van der Waals surface area contributed by atoms with Gasteiger partial charge in [-0.15, -0.1) is 11.3 Å². The molecule has 1 nitrogen and oxygen atoms in total. The fourth-order valence-corrected chi connectivity index (χ4v) is 3.38. The molecule has 0 unspecified atom stereocenters. The first-order chi connectivity index (χ1) is 7.27. The minimum Gasteiger partial charge on any atom is -0.295 e. The van der Waals surface area contributed by atoms with Crippen LogP contribution in [-0.4, -0.2) is 18.0 Å². The van der Waals surface area contributed by atoms with Crippen molar-refractivity contribution in [3.63, 3.8) is 0 Å². The normalized spacial score (nSPS) is 23.5. The van der Waals surface area contributed by atoms with E-state index in [1.54, 1.807) is 4.88 Å². The minimum absolute atomic E-state index is 0.709. The van der Waals surface area contributed by atoms with E-state index >= 15 is 0 Å². The Hall–Kier alpha value is -0.340. The van der Waals surface area contributed by atoms with Gasteiger partial charge in [0.1, 0.15) is 0 Å². The van der Waals surface area contributed by atoms with Crippen molar-refractivity contribution in [2.24, 2.45) is 5.92 Å². The number of hydrogen-bond donors (Lipinski definition) is 0. The van der Waals surface area contributed by atoms with E-state index in [4.69, 9.17) is 0 Å². The Morgan fingerprint density at radius 1 is 1.47 bits per heavy atom. The Balaban J connectivity index is 2.06. The number of likely N-dealkylation sites (tertiary alicyclic amines) is 1. The summed E-state index contributed by atoms with van der Waals surface area (Å²) in [4.78, 5) is 4.25. The number of rotatable bonds is 3. The standard InChI is InChI=1S/C13H21NS/c1-11(2)10-14-8-4-3-6-12(14)13-7-5-9-15-13/h5,7,9,11-12H,3-4,6,8,10H2,1-2H3/t12-/m1/s1. The maximum absolute atomic E-state index is 2.68. The topological polar surface area (TPSA) is 3.24 Å². The zero-order valence-corrected chi connectivity index (χ0v) is 10.6. The molecule has 0 N–H and O–H groups in total. The van der Waals surface area contributed by atoms with Crippen molar-refractivity contribution in [2.75, 3.05) is 13.1 Å². The summed E-state index contributed by atoms with van der Waals surface area (Å²) < 4.78 is 0. The molecule has 1 aliphatic rings. The predicted molar refractivity (Wildman–Crippen MR) is 67.3 cm³/mol. The highest BCUT2D eigenvalue weighted by Crippen LogP contribution is 2.33. The molecule has 0 aromatic carbocycles. The molecule has 1 atom stereocenters. The SMILES string of the molecule is CC(C)CN1CCCC[C@@H]1c1cccs1. The molecule has 0 radical (unpaired) electrons. The Labute approximate surface area is 97.1 Å². The van der Waals surface area contributed by atoms with Crippen molar-refractivity contribution in [1.29, 1.82) is 0 Å². The summed E-state index contributed by atoms with van der Waals surface area (Å²) >= 11 is 1.92. The molecule has 0 spiro atoms. The van der Waals surface area contributed by atoms with Crippen LogP contribution in [0, 0.1) is 5.92 Å². The van der Waals surface area contributed by atoms with Crippen molar-refractivity contribution >= 4 is 11.3 Å². The van der Waals surface area contributed by atoms with Crippen molar-refractivity contribution in [3.8, 4) is 0 Å². The number of thiophene rings is 1. The third-order valence-corrected chi connectivity index (χ3v) is 4.06. The first-order valence-corrected chi connectivity index (χ1v) is 6.93. The molecule has 0 amide bonds. The second-order valence-corrected chi connectivity index (χ2v) is 5.90. The molecule has 15 heavy (non-hydrogen) atoms. The molecule has 0 bridgehead atoms. The highest BCUT2D eigenvalue weighted by Gasteiger charge is 2.24. The Bertz CT molecular complexity index is 279. The molecule has 0 saturated carbocycles.